The number of amides is 1. The number of pyridine rings is 1. The van der Waals surface area contributed by atoms with Crippen molar-refractivity contribution in [3.8, 4) is 0 Å². The van der Waals surface area contributed by atoms with Crippen LogP contribution in [0.4, 0.5) is 0 Å². The molecule has 1 fully saturated rings. The van der Waals surface area contributed by atoms with E-state index in [1.165, 1.54) is 18.3 Å². The topological polar surface area (TPSA) is 62.0 Å². The number of aromatic nitrogens is 1. The van der Waals surface area contributed by atoms with Crippen LogP contribution in [0.15, 0.2) is 23.1 Å². The molecule has 0 bridgehead atoms. The van der Waals surface area contributed by atoms with Crippen LogP contribution in [0.3, 0.4) is 0 Å². The van der Waals surface area contributed by atoms with Gasteiger partial charge in [-0.2, -0.15) is 0 Å². The van der Waals surface area contributed by atoms with E-state index in [0.717, 1.165) is 18.2 Å². The fourth-order valence-electron chi connectivity index (χ4n) is 1.46. The summed E-state index contributed by atoms with van der Waals surface area (Å²) >= 11 is 3.45. The number of H-pyrrole nitrogens is 1. The summed E-state index contributed by atoms with van der Waals surface area (Å²) in [4.78, 5) is 25.0. The number of nitrogens with one attached hydrogen (secondary N) is 2. The van der Waals surface area contributed by atoms with Crippen molar-refractivity contribution in [3.05, 3.63) is 34.2 Å². The van der Waals surface area contributed by atoms with Gasteiger partial charge in [-0.1, -0.05) is 15.9 Å². The van der Waals surface area contributed by atoms with Crippen LogP contribution in [0.5, 0.6) is 0 Å². The van der Waals surface area contributed by atoms with Crippen molar-refractivity contribution < 1.29 is 4.79 Å². The van der Waals surface area contributed by atoms with Gasteiger partial charge in [-0.25, -0.2) is 0 Å². The zero-order valence-corrected chi connectivity index (χ0v) is 10.3. The molecule has 1 aliphatic carbocycles. The van der Waals surface area contributed by atoms with Gasteiger partial charge < -0.3 is 10.3 Å². The highest BCUT2D eigenvalue weighted by atomic mass is 79.9. The van der Waals surface area contributed by atoms with E-state index in [4.69, 9.17) is 0 Å². The third kappa shape index (κ3) is 2.52. The molecule has 0 unspecified atom stereocenters. The van der Waals surface area contributed by atoms with Crippen LogP contribution >= 0.6 is 15.9 Å². The van der Waals surface area contributed by atoms with E-state index in [9.17, 15) is 9.59 Å². The van der Waals surface area contributed by atoms with Crippen molar-refractivity contribution in [1.82, 2.24) is 10.3 Å². The average molecular weight is 285 g/mol. The minimum atomic E-state index is -0.198. The molecular weight excluding hydrogens is 272 g/mol. The number of carbonyl (C=O) groups is 1. The van der Waals surface area contributed by atoms with Gasteiger partial charge in [0.15, 0.2) is 0 Å². The normalized spacial score (nSPS) is 16.8. The summed E-state index contributed by atoms with van der Waals surface area (Å²) in [6.45, 7) is 0.691. The van der Waals surface area contributed by atoms with Crippen LogP contribution in [0, 0.1) is 5.41 Å². The van der Waals surface area contributed by atoms with Crippen LogP contribution in [-0.4, -0.2) is 22.8 Å². The molecule has 1 saturated carbocycles. The Labute approximate surface area is 102 Å². The summed E-state index contributed by atoms with van der Waals surface area (Å²) in [7, 11) is 0. The van der Waals surface area contributed by atoms with E-state index >= 15 is 0 Å². The molecule has 1 heterocycles. The number of aromatic amines is 1. The standard InChI is InChI=1S/C11H13BrN2O2/c12-6-11(3-4-11)7-14-10(16)8-1-2-9(15)13-5-8/h1-2,5H,3-4,6-7H2,(H,13,15)(H,14,16). The summed E-state index contributed by atoms with van der Waals surface area (Å²) in [6, 6.07) is 2.88. The van der Waals surface area contributed by atoms with Crippen molar-refractivity contribution in [1.29, 1.82) is 0 Å². The number of hydrogen-bond donors (Lipinski definition) is 2. The summed E-state index contributed by atoms with van der Waals surface area (Å²) in [5.41, 5.74) is 0.554. The molecule has 0 saturated heterocycles. The number of rotatable bonds is 4. The lowest BCUT2D eigenvalue weighted by Crippen LogP contribution is -2.31. The molecule has 1 aromatic heterocycles. The Bertz CT molecular complexity index is 431. The van der Waals surface area contributed by atoms with E-state index < -0.39 is 0 Å². The van der Waals surface area contributed by atoms with Crippen molar-refractivity contribution in [2.45, 2.75) is 12.8 Å². The van der Waals surface area contributed by atoms with Gasteiger partial charge in [-0.15, -0.1) is 0 Å². The molecule has 1 aliphatic rings. The molecule has 86 valence electrons. The van der Waals surface area contributed by atoms with E-state index in [2.05, 4.69) is 26.2 Å². The highest BCUT2D eigenvalue weighted by molar-refractivity contribution is 9.09. The maximum atomic E-state index is 11.7. The van der Waals surface area contributed by atoms with E-state index in [1.54, 1.807) is 0 Å². The average Bonchev–Trinajstić information content (AvgIpc) is 3.08. The van der Waals surface area contributed by atoms with Crippen molar-refractivity contribution >= 4 is 21.8 Å². The van der Waals surface area contributed by atoms with Gasteiger partial charge in [0.25, 0.3) is 5.91 Å². The Hall–Kier alpha value is -1.10. The van der Waals surface area contributed by atoms with Crippen LogP contribution in [0.1, 0.15) is 23.2 Å². The van der Waals surface area contributed by atoms with Crippen LogP contribution in [-0.2, 0) is 0 Å². The maximum absolute atomic E-state index is 11.7. The first-order chi connectivity index (χ1) is 7.65. The molecule has 16 heavy (non-hydrogen) atoms. The Balaban J connectivity index is 1.93. The molecular formula is C11H13BrN2O2. The second-order valence-corrected chi connectivity index (χ2v) is 4.82. The zero-order valence-electron chi connectivity index (χ0n) is 8.75. The maximum Gasteiger partial charge on any atom is 0.252 e. The van der Waals surface area contributed by atoms with Crippen molar-refractivity contribution in [2.75, 3.05) is 11.9 Å². The van der Waals surface area contributed by atoms with E-state index in [-0.39, 0.29) is 16.9 Å². The predicted octanol–water partition coefficient (Wildman–Crippen LogP) is 1.28. The Morgan fingerprint density at radius 3 is 2.75 bits per heavy atom. The van der Waals surface area contributed by atoms with Gasteiger partial charge in [0.1, 0.15) is 0 Å². The quantitative estimate of drug-likeness (QED) is 0.819. The fraction of sp³-hybridized carbons (Fsp3) is 0.455. The van der Waals surface area contributed by atoms with Gasteiger partial charge in [0, 0.05) is 24.1 Å². The summed E-state index contributed by atoms with van der Waals surface area (Å²) in [5.74, 6) is -0.136. The van der Waals surface area contributed by atoms with Crippen LogP contribution in [0.2, 0.25) is 0 Å². The molecule has 0 radical (unpaired) electrons. The minimum absolute atomic E-state index is 0.136. The molecule has 0 spiro atoms. The van der Waals surface area contributed by atoms with E-state index in [0.29, 0.717) is 12.1 Å². The summed E-state index contributed by atoms with van der Waals surface area (Å²) < 4.78 is 0. The molecule has 0 aromatic carbocycles. The van der Waals surface area contributed by atoms with Crippen molar-refractivity contribution in [3.63, 3.8) is 0 Å². The predicted molar refractivity (Wildman–Crippen MR) is 64.9 cm³/mol. The first kappa shape index (κ1) is 11.4. The lowest BCUT2D eigenvalue weighted by atomic mass is 10.1. The molecule has 4 nitrogen and oxygen atoms in total. The third-order valence-corrected chi connectivity index (χ3v) is 4.10. The number of carbonyl (C=O) groups excluding carboxylic acids is 1. The molecule has 0 atom stereocenters. The second kappa shape index (κ2) is 4.41. The van der Waals surface area contributed by atoms with Crippen LogP contribution < -0.4 is 10.9 Å². The Morgan fingerprint density at radius 2 is 2.25 bits per heavy atom. The zero-order chi connectivity index (χ0) is 11.6. The Kier molecular flexibility index (Phi) is 3.14. The second-order valence-electron chi connectivity index (χ2n) is 4.26. The number of hydrogen-bond acceptors (Lipinski definition) is 2. The number of halogens is 1. The van der Waals surface area contributed by atoms with Gasteiger partial charge >= 0.3 is 0 Å². The molecule has 2 rings (SSSR count). The van der Waals surface area contributed by atoms with Gasteiger partial charge in [-0.3, -0.25) is 9.59 Å². The summed E-state index contributed by atoms with van der Waals surface area (Å²) in [6.07, 6.45) is 3.75. The van der Waals surface area contributed by atoms with Gasteiger partial charge in [-0.05, 0) is 24.3 Å². The lowest BCUT2D eigenvalue weighted by Gasteiger charge is -2.12. The van der Waals surface area contributed by atoms with Gasteiger partial charge in [0.2, 0.25) is 5.56 Å². The smallest absolute Gasteiger partial charge is 0.252 e. The Morgan fingerprint density at radius 1 is 1.50 bits per heavy atom. The molecule has 5 heteroatoms. The van der Waals surface area contributed by atoms with Crippen LogP contribution in [0.25, 0.3) is 0 Å². The minimum Gasteiger partial charge on any atom is -0.351 e. The molecule has 0 aliphatic heterocycles. The summed E-state index contributed by atoms with van der Waals surface area (Å²) in [5, 5.41) is 3.80. The highest BCUT2D eigenvalue weighted by Crippen LogP contribution is 2.46. The molecule has 2 N–H and O–H groups in total. The van der Waals surface area contributed by atoms with Crippen molar-refractivity contribution in [2.24, 2.45) is 5.41 Å². The SMILES string of the molecule is O=C(NCC1(CBr)CC1)c1ccc(=O)[nH]c1. The fourth-order valence-corrected chi connectivity index (χ4v) is 2.22. The molecule has 1 amide bonds. The first-order valence-corrected chi connectivity index (χ1v) is 6.30. The largest absolute Gasteiger partial charge is 0.351 e. The first-order valence-electron chi connectivity index (χ1n) is 5.18. The lowest BCUT2D eigenvalue weighted by molar-refractivity contribution is 0.0946. The van der Waals surface area contributed by atoms with Gasteiger partial charge in [0.05, 0.1) is 5.56 Å². The monoisotopic (exact) mass is 284 g/mol. The molecule has 1 aromatic rings. The third-order valence-electron chi connectivity index (χ3n) is 2.91. The number of alkyl halides is 1. The highest BCUT2D eigenvalue weighted by Gasteiger charge is 2.41. The van der Waals surface area contributed by atoms with E-state index in [1.807, 2.05) is 0 Å².